The van der Waals surface area contributed by atoms with Gasteiger partial charge in [-0.05, 0) is 23.8 Å². The van der Waals surface area contributed by atoms with Crippen molar-refractivity contribution < 1.29 is 35.6 Å². The Hall–Kier alpha value is -3.77. The van der Waals surface area contributed by atoms with Crippen LogP contribution in [0.2, 0.25) is 0 Å². The van der Waals surface area contributed by atoms with Gasteiger partial charge in [0.05, 0.1) is 6.21 Å². The molecule has 0 N–H and O–H groups in total. The van der Waals surface area contributed by atoms with E-state index < -0.39 is 41.5 Å². The third kappa shape index (κ3) is 4.87. The van der Waals surface area contributed by atoms with Crippen molar-refractivity contribution in [2.24, 2.45) is 5.10 Å². The summed E-state index contributed by atoms with van der Waals surface area (Å²) in [7, 11) is 1.05. The van der Waals surface area contributed by atoms with Crippen molar-refractivity contribution >= 4 is 12.1 Å². The molecule has 13 heteroatoms. The highest BCUT2D eigenvalue weighted by Gasteiger charge is 2.39. The van der Waals surface area contributed by atoms with E-state index in [0.29, 0.717) is 28.4 Å². The van der Waals surface area contributed by atoms with Crippen molar-refractivity contribution in [2.75, 3.05) is 7.05 Å². The number of pyridine rings is 1. The second kappa shape index (κ2) is 8.53. The van der Waals surface area contributed by atoms with Gasteiger partial charge in [0.2, 0.25) is 5.89 Å². The fourth-order valence-electron chi connectivity index (χ4n) is 2.38. The average Bonchev–Trinajstić information content (AvgIpc) is 3.21. The predicted octanol–water partition coefficient (Wildman–Crippen LogP) is 4.33. The molecule has 0 saturated heterocycles. The van der Waals surface area contributed by atoms with Gasteiger partial charge in [-0.1, -0.05) is 12.1 Å². The van der Waals surface area contributed by atoms with E-state index in [-0.39, 0.29) is 5.89 Å². The minimum atomic E-state index is -5.04. The second-order valence-electron chi connectivity index (χ2n) is 5.96. The zero-order valence-corrected chi connectivity index (χ0v) is 15.4. The van der Waals surface area contributed by atoms with Crippen LogP contribution < -0.4 is 0 Å². The highest BCUT2D eigenvalue weighted by molar-refractivity contribution is 5.96. The van der Waals surface area contributed by atoms with Gasteiger partial charge >= 0.3 is 12.6 Å². The van der Waals surface area contributed by atoms with Gasteiger partial charge in [-0.25, -0.2) is 9.40 Å². The molecule has 2 aromatic heterocycles. The number of hydrazone groups is 1. The first-order valence-electron chi connectivity index (χ1n) is 8.33. The summed E-state index contributed by atoms with van der Waals surface area (Å²) in [4.78, 5) is 15.3. The van der Waals surface area contributed by atoms with Gasteiger partial charge in [-0.15, -0.1) is 10.2 Å². The zero-order valence-electron chi connectivity index (χ0n) is 15.4. The Morgan fingerprint density at radius 2 is 1.84 bits per heavy atom. The molecule has 0 saturated carbocycles. The van der Waals surface area contributed by atoms with Gasteiger partial charge in [0, 0.05) is 18.8 Å². The first kappa shape index (κ1) is 21.9. The second-order valence-corrected chi connectivity index (χ2v) is 5.96. The van der Waals surface area contributed by atoms with E-state index in [0.717, 1.165) is 13.3 Å². The van der Waals surface area contributed by atoms with Gasteiger partial charge in [0.1, 0.15) is 11.4 Å². The fraction of sp³-hybridized carbons (Fsp3) is 0.167. The number of carbonyl (C=O) groups is 1. The lowest BCUT2D eigenvalue weighted by atomic mass is 10.1. The average molecular weight is 443 g/mol. The van der Waals surface area contributed by atoms with E-state index in [1.54, 1.807) is 0 Å². The van der Waals surface area contributed by atoms with Crippen molar-refractivity contribution in [1.29, 1.82) is 0 Å². The van der Waals surface area contributed by atoms with Crippen LogP contribution in [-0.4, -0.2) is 39.4 Å². The van der Waals surface area contributed by atoms with E-state index in [1.807, 2.05) is 0 Å². The monoisotopic (exact) mass is 443 g/mol. The van der Waals surface area contributed by atoms with Gasteiger partial charge in [-0.3, -0.25) is 9.78 Å². The van der Waals surface area contributed by atoms with E-state index >= 15 is 0 Å². The SMILES string of the molecule is CN(/N=C/c1ccc(-c2nnc(C(F)F)o2)cc1)C(=O)c1c(F)ccnc1C(F)(F)F. The summed E-state index contributed by atoms with van der Waals surface area (Å²) < 4.78 is 82.8. The number of hydrogen-bond acceptors (Lipinski definition) is 6. The fourth-order valence-corrected chi connectivity index (χ4v) is 2.38. The molecular formula is C18H11F6N5O2. The van der Waals surface area contributed by atoms with Crippen LogP contribution in [0.3, 0.4) is 0 Å². The van der Waals surface area contributed by atoms with Crippen LogP contribution in [0.1, 0.15) is 33.9 Å². The number of alkyl halides is 5. The summed E-state index contributed by atoms with van der Waals surface area (Å²) in [6.07, 6.45) is -6.22. The third-order valence-electron chi connectivity index (χ3n) is 3.84. The number of benzene rings is 1. The highest BCUT2D eigenvalue weighted by atomic mass is 19.4. The van der Waals surface area contributed by atoms with Crippen molar-refractivity contribution in [3.05, 3.63) is 65.1 Å². The Balaban J connectivity index is 1.77. The predicted molar refractivity (Wildman–Crippen MR) is 93.6 cm³/mol. The number of halogens is 6. The molecule has 162 valence electrons. The Kier molecular flexibility index (Phi) is 6.04. The van der Waals surface area contributed by atoms with Crippen LogP contribution in [-0.2, 0) is 6.18 Å². The summed E-state index contributed by atoms with van der Waals surface area (Å²) in [6, 6.07) is 6.42. The van der Waals surface area contributed by atoms with Gasteiger partial charge < -0.3 is 4.42 Å². The van der Waals surface area contributed by atoms with Crippen LogP contribution in [0.5, 0.6) is 0 Å². The van der Waals surface area contributed by atoms with E-state index in [4.69, 9.17) is 4.42 Å². The lowest BCUT2D eigenvalue weighted by Gasteiger charge is -2.15. The van der Waals surface area contributed by atoms with Gasteiger partial charge in [0.25, 0.3) is 11.8 Å². The Bertz CT molecular complexity index is 1110. The van der Waals surface area contributed by atoms with Gasteiger partial charge in [-0.2, -0.15) is 27.1 Å². The molecule has 0 aliphatic rings. The van der Waals surface area contributed by atoms with Crippen LogP contribution >= 0.6 is 0 Å². The minimum absolute atomic E-state index is 0.141. The molecular weight excluding hydrogens is 432 g/mol. The summed E-state index contributed by atoms with van der Waals surface area (Å²) in [5.41, 5.74) is -2.20. The molecule has 0 aliphatic carbocycles. The first-order valence-corrected chi connectivity index (χ1v) is 8.33. The topological polar surface area (TPSA) is 84.5 Å². The van der Waals surface area contributed by atoms with E-state index in [2.05, 4.69) is 20.3 Å². The molecule has 3 aromatic rings. The maximum atomic E-state index is 13.9. The van der Waals surface area contributed by atoms with Crippen molar-refractivity contribution in [3.63, 3.8) is 0 Å². The molecule has 31 heavy (non-hydrogen) atoms. The molecule has 0 aliphatic heterocycles. The third-order valence-corrected chi connectivity index (χ3v) is 3.84. The maximum Gasteiger partial charge on any atom is 0.434 e. The highest BCUT2D eigenvalue weighted by Crippen LogP contribution is 2.31. The van der Waals surface area contributed by atoms with E-state index in [1.165, 1.54) is 24.3 Å². The van der Waals surface area contributed by atoms with E-state index in [9.17, 15) is 31.1 Å². The molecule has 3 rings (SSSR count). The standard InChI is InChI=1S/C18H11F6N5O2/c1-29(17(30)12-11(19)6-7-25-13(12)18(22,23)24)26-8-9-2-4-10(5-3-9)15-27-28-16(31-15)14(20)21/h2-8,14H,1H3/b26-8+. The zero-order chi connectivity index (χ0) is 22.8. The number of aromatic nitrogens is 3. The Morgan fingerprint density at radius 1 is 1.16 bits per heavy atom. The maximum absolute atomic E-state index is 13.9. The number of amides is 1. The van der Waals surface area contributed by atoms with Crippen LogP contribution in [0, 0.1) is 5.82 Å². The molecule has 0 spiro atoms. The lowest BCUT2D eigenvalue weighted by Crippen LogP contribution is -2.27. The number of nitrogens with zero attached hydrogens (tertiary/aromatic N) is 5. The molecule has 0 unspecified atom stereocenters. The summed E-state index contributed by atoms with van der Waals surface area (Å²) >= 11 is 0. The Morgan fingerprint density at radius 3 is 2.42 bits per heavy atom. The van der Waals surface area contributed by atoms with Gasteiger partial charge in [0.15, 0.2) is 5.69 Å². The first-order chi connectivity index (χ1) is 14.6. The molecule has 2 heterocycles. The summed E-state index contributed by atoms with van der Waals surface area (Å²) in [6.45, 7) is 0. The molecule has 7 nitrogen and oxygen atoms in total. The van der Waals surface area contributed by atoms with Crippen LogP contribution in [0.4, 0.5) is 26.3 Å². The van der Waals surface area contributed by atoms with Crippen molar-refractivity contribution in [3.8, 4) is 11.5 Å². The summed E-state index contributed by atoms with van der Waals surface area (Å²) in [5.74, 6) is -3.71. The lowest BCUT2D eigenvalue weighted by molar-refractivity contribution is -0.141. The molecule has 0 bridgehead atoms. The van der Waals surface area contributed by atoms with Crippen molar-refractivity contribution in [2.45, 2.75) is 12.6 Å². The smallest absolute Gasteiger partial charge is 0.415 e. The number of carbonyl (C=O) groups excluding carboxylic acids is 1. The number of rotatable bonds is 5. The molecule has 1 amide bonds. The molecule has 0 radical (unpaired) electrons. The van der Waals surface area contributed by atoms with Crippen LogP contribution in [0.25, 0.3) is 11.5 Å². The minimum Gasteiger partial charge on any atom is -0.415 e. The van der Waals surface area contributed by atoms with Crippen LogP contribution in [0.15, 0.2) is 46.0 Å². The largest absolute Gasteiger partial charge is 0.434 e. The molecule has 1 aromatic carbocycles. The summed E-state index contributed by atoms with van der Waals surface area (Å²) in [5, 5.41) is 10.9. The molecule has 0 fully saturated rings. The van der Waals surface area contributed by atoms with Crippen molar-refractivity contribution in [1.82, 2.24) is 20.2 Å². The molecule has 0 atom stereocenters. The Labute approximate surface area is 170 Å². The quantitative estimate of drug-likeness (QED) is 0.333. The normalized spacial score (nSPS) is 12.0. The number of hydrogen-bond donors (Lipinski definition) is 0.